The fourth-order valence-corrected chi connectivity index (χ4v) is 3.18. The molecule has 0 bridgehead atoms. The Morgan fingerprint density at radius 2 is 1.60 bits per heavy atom. The number of amides is 1. The average Bonchev–Trinajstić information content (AvgIpc) is 2.61. The maximum absolute atomic E-state index is 12.8. The highest BCUT2D eigenvalue weighted by Gasteiger charge is 2.32. The minimum atomic E-state index is -0.337. The second-order valence-electron chi connectivity index (χ2n) is 6.22. The fraction of sp³-hybridized carbons (Fsp3) is 0.316. The van der Waals surface area contributed by atoms with Gasteiger partial charge in [-0.05, 0) is 48.7 Å². The molecule has 0 spiro atoms. The van der Waals surface area contributed by atoms with Gasteiger partial charge in [0, 0.05) is 13.1 Å². The molecule has 0 radical (unpaired) electrons. The lowest BCUT2D eigenvalue weighted by Gasteiger charge is -2.36. The molecule has 0 aliphatic carbocycles. The van der Waals surface area contributed by atoms with Crippen LogP contribution in [0.2, 0.25) is 0 Å². The van der Waals surface area contributed by atoms with E-state index in [1.165, 1.54) is 0 Å². The monoisotopic (exact) mass is 342 g/mol. The zero-order chi connectivity index (χ0) is 18.3. The molecule has 3 rings (SSSR count). The summed E-state index contributed by atoms with van der Waals surface area (Å²) in [5, 5.41) is 13.4. The summed E-state index contributed by atoms with van der Waals surface area (Å²) in [5.41, 5.74) is 3.67. The Hall–Kier alpha value is -2.89. The molecule has 0 saturated carbocycles. The second-order valence-corrected chi connectivity index (χ2v) is 6.22. The number of phenolic OH excluding ortho intramolecular Hbond substituents is 1. The molecule has 6 heteroatoms. The number of phenols is 1. The van der Waals surface area contributed by atoms with Gasteiger partial charge >= 0.3 is 0 Å². The molecule has 25 heavy (non-hydrogen) atoms. The summed E-state index contributed by atoms with van der Waals surface area (Å²) in [6.07, 6.45) is -0.337. The van der Waals surface area contributed by atoms with Gasteiger partial charge in [0.25, 0.3) is 5.91 Å². The maximum atomic E-state index is 12.8. The van der Waals surface area contributed by atoms with Gasteiger partial charge in [-0.3, -0.25) is 4.79 Å². The zero-order valence-electron chi connectivity index (χ0n) is 15.0. The first-order valence-electron chi connectivity index (χ1n) is 7.97. The molecule has 1 aliphatic rings. The molecular formula is C19H22N2O4. The summed E-state index contributed by atoms with van der Waals surface area (Å²) >= 11 is 0. The third-order valence-electron chi connectivity index (χ3n) is 4.58. The van der Waals surface area contributed by atoms with Crippen molar-refractivity contribution in [2.24, 2.45) is 0 Å². The number of fused-ring (bicyclic) bond motifs is 1. The molecule has 2 N–H and O–H groups in total. The fourth-order valence-electron chi connectivity index (χ4n) is 3.18. The number of rotatable bonds is 3. The molecule has 2 aromatic rings. The number of hydrogen-bond donors (Lipinski definition) is 2. The number of methoxy groups -OCH3 is 2. The lowest BCUT2D eigenvalue weighted by molar-refractivity contribution is 0.0735. The van der Waals surface area contributed by atoms with Crippen LogP contribution in [-0.4, -0.2) is 37.2 Å². The number of aryl methyl sites for hydroxylation is 2. The number of nitrogens with zero attached hydrogens (tertiary/aromatic N) is 1. The summed E-state index contributed by atoms with van der Waals surface area (Å²) in [4.78, 5) is 14.5. The SMILES string of the molecule is COc1cc2c(cc1OC)C(=O)N(C)[C@@H](c1cc(C)c(O)c(C)c1)N2. The van der Waals surface area contributed by atoms with E-state index in [0.717, 1.165) is 16.7 Å². The summed E-state index contributed by atoms with van der Waals surface area (Å²) in [6.45, 7) is 3.69. The van der Waals surface area contributed by atoms with Crippen LogP contribution < -0.4 is 14.8 Å². The van der Waals surface area contributed by atoms with Gasteiger partial charge in [-0.25, -0.2) is 0 Å². The van der Waals surface area contributed by atoms with E-state index >= 15 is 0 Å². The Morgan fingerprint density at radius 1 is 1.04 bits per heavy atom. The van der Waals surface area contributed by atoms with Gasteiger partial charge in [0.15, 0.2) is 11.5 Å². The molecule has 0 saturated heterocycles. The van der Waals surface area contributed by atoms with E-state index in [1.54, 1.807) is 38.3 Å². The molecule has 1 atom stereocenters. The lowest BCUT2D eigenvalue weighted by atomic mass is 9.99. The Balaban J connectivity index is 2.08. The highest BCUT2D eigenvalue weighted by Crippen LogP contribution is 2.40. The molecule has 1 aliphatic heterocycles. The normalized spacial score (nSPS) is 16.3. The van der Waals surface area contributed by atoms with E-state index in [9.17, 15) is 9.90 Å². The van der Waals surface area contributed by atoms with Crippen molar-refractivity contribution in [1.82, 2.24) is 4.90 Å². The van der Waals surface area contributed by atoms with Crippen molar-refractivity contribution in [1.29, 1.82) is 0 Å². The van der Waals surface area contributed by atoms with Crippen molar-refractivity contribution < 1.29 is 19.4 Å². The molecule has 132 valence electrons. The number of hydrogen-bond acceptors (Lipinski definition) is 5. The number of benzene rings is 2. The lowest BCUT2D eigenvalue weighted by Crippen LogP contribution is -2.40. The van der Waals surface area contributed by atoms with Gasteiger partial charge in [-0.2, -0.15) is 0 Å². The van der Waals surface area contributed by atoms with Crippen molar-refractivity contribution in [3.63, 3.8) is 0 Å². The molecular weight excluding hydrogens is 320 g/mol. The maximum Gasteiger partial charge on any atom is 0.257 e. The number of carbonyl (C=O) groups is 1. The average molecular weight is 342 g/mol. The van der Waals surface area contributed by atoms with Crippen LogP contribution >= 0.6 is 0 Å². The highest BCUT2D eigenvalue weighted by molar-refractivity contribution is 6.02. The largest absolute Gasteiger partial charge is 0.507 e. The van der Waals surface area contributed by atoms with Gasteiger partial charge in [0.1, 0.15) is 11.9 Å². The van der Waals surface area contributed by atoms with Crippen molar-refractivity contribution >= 4 is 11.6 Å². The minimum absolute atomic E-state index is 0.108. The second kappa shape index (κ2) is 6.20. The topological polar surface area (TPSA) is 71.0 Å². The number of ether oxygens (including phenoxy) is 2. The number of carbonyl (C=O) groups excluding carboxylic acids is 1. The quantitative estimate of drug-likeness (QED) is 0.896. The minimum Gasteiger partial charge on any atom is -0.507 e. The standard InChI is InChI=1S/C19H22N2O4/c1-10-6-12(7-11(2)17(10)22)18-20-14-9-16(25-5)15(24-4)8-13(14)19(23)21(18)3/h6-9,18,20,22H,1-5H3/t18-/m0/s1. The van der Waals surface area contributed by atoms with Crippen LogP contribution in [0.25, 0.3) is 0 Å². The van der Waals surface area contributed by atoms with Crippen molar-refractivity contribution in [2.75, 3.05) is 26.6 Å². The molecule has 0 fully saturated rings. The van der Waals surface area contributed by atoms with Crippen LogP contribution in [0.3, 0.4) is 0 Å². The summed E-state index contributed by atoms with van der Waals surface area (Å²) in [5.74, 6) is 1.24. The van der Waals surface area contributed by atoms with E-state index in [4.69, 9.17) is 9.47 Å². The third kappa shape index (κ3) is 2.73. The predicted molar refractivity (Wildman–Crippen MR) is 95.6 cm³/mol. The van der Waals surface area contributed by atoms with Crippen LogP contribution in [0.5, 0.6) is 17.2 Å². The summed E-state index contributed by atoms with van der Waals surface area (Å²) < 4.78 is 10.6. The zero-order valence-corrected chi connectivity index (χ0v) is 15.0. The predicted octanol–water partition coefficient (Wildman–Crippen LogP) is 3.22. The van der Waals surface area contributed by atoms with Gasteiger partial charge in [0.2, 0.25) is 0 Å². The van der Waals surface area contributed by atoms with E-state index < -0.39 is 0 Å². The van der Waals surface area contributed by atoms with Crippen LogP contribution in [0, 0.1) is 13.8 Å². The van der Waals surface area contributed by atoms with E-state index in [0.29, 0.717) is 22.7 Å². The molecule has 0 unspecified atom stereocenters. The number of aromatic hydroxyl groups is 1. The van der Waals surface area contributed by atoms with Gasteiger partial charge in [-0.1, -0.05) is 0 Å². The number of nitrogens with one attached hydrogen (secondary N) is 1. The van der Waals surface area contributed by atoms with Gasteiger partial charge < -0.3 is 24.8 Å². The first-order chi connectivity index (χ1) is 11.9. The Morgan fingerprint density at radius 3 is 2.16 bits per heavy atom. The molecule has 1 amide bonds. The number of anilines is 1. The van der Waals surface area contributed by atoms with Gasteiger partial charge in [-0.15, -0.1) is 0 Å². The highest BCUT2D eigenvalue weighted by atomic mass is 16.5. The smallest absolute Gasteiger partial charge is 0.257 e. The van der Waals surface area contributed by atoms with Crippen LogP contribution in [-0.2, 0) is 0 Å². The van der Waals surface area contributed by atoms with Gasteiger partial charge in [0.05, 0.1) is 25.5 Å². The van der Waals surface area contributed by atoms with E-state index in [2.05, 4.69) is 5.32 Å². The third-order valence-corrected chi connectivity index (χ3v) is 4.58. The van der Waals surface area contributed by atoms with Crippen LogP contribution in [0.15, 0.2) is 24.3 Å². The molecule has 1 heterocycles. The van der Waals surface area contributed by atoms with Crippen molar-refractivity contribution in [3.8, 4) is 17.2 Å². The Labute approximate surface area is 147 Å². The Bertz CT molecular complexity index is 825. The molecule has 6 nitrogen and oxygen atoms in total. The van der Waals surface area contributed by atoms with Crippen LogP contribution in [0.4, 0.5) is 5.69 Å². The first kappa shape index (κ1) is 17.0. The van der Waals surface area contributed by atoms with Crippen molar-refractivity contribution in [2.45, 2.75) is 20.0 Å². The van der Waals surface area contributed by atoms with E-state index in [1.807, 2.05) is 26.0 Å². The van der Waals surface area contributed by atoms with Crippen molar-refractivity contribution in [3.05, 3.63) is 46.5 Å². The summed E-state index contributed by atoms with van der Waals surface area (Å²) in [7, 11) is 4.85. The van der Waals surface area contributed by atoms with Crippen LogP contribution in [0.1, 0.15) is 33.2 Å². The first-order valence-corrected chi connectivity index (χ1v) is 7.97. The van der Waals surface area contributed by atoms with E-state index in [-0.39, 0.29) is 17.8 Å². The Kier molecular flexibility index (Phi) is 4.20. The molecule has 2 aromatic carbocycles. The molecule has 0 aromatic heterocycles. The summed E-state index contributed by atoms with van der Waals surface area (Å²) in [6, 6.07) is 7.22.